The average molecular weight is 435 g/mol. The van der Waals surface area contributed by atoms with Crippen LogP contribution in [0.25, 0.3) is 0 Å². The van der Waals surface area contributed by atoms with Crippen molar-refractivity contribution >= 4 is 34.9 Å². The van der Waals surface area contributed by atoms with E-state index in [9.17, 15) is 27.9 Å². The Morgan fingerprint density at radius 2 is 2.07 bits per heavy atom. The third-order valence-electron chi connectivity index (χ3n) is 4.51. The molecule has 3 N–H and O–H groups in total. The van der Waals surface area contributed by atoms with Gasteiger partial charge in [0, 0.05) is 19.0 Å². The van der Waals surface area contributed by atoms with E-state index in [1.807, 2.05) is 0 Å². The van der Waals surface area contributed by atoms with Crippen LogP contribution >= 0.6 is 11.6 Å². The first kappa shape index (κ1) is 23.1. The van der Waals surface area contributed by atoms with Crippen LogP contribution in [0.3, 0.4) is 0 Å². The van der Waals surface area contributed by atoms with Gasteiger partial charge < -0.3 is 15.7 Å². The third kappa shape index (κ3) is 5.66. The molecular weight excluding hydrogens is 413 g/mol. The summed E-state index contributed by atoms with van der Waals surface area (Å²) in [6.07, 6.45) is -5.13. The highest BCUT2D eigenvalue weighted by Crippen LogP contribution is 2.35. The number of aliphatic hydroxyl groups is 1. The van der Waals surface area contributed by atoms with Crippen LogP contribution < -0.4 is 10.6 Å². The van der Waals surface area contributed by atoms with Crippen LogP contribution in [-0.2, 0) is 15.8 Å². The molecule has 2 unspecified atom stereocenters. The number of carbonyl (C=O) groups is 2. The van der Waals surface area contributed by atoms with Crippen molar-refractivity contribution in [3.8, 4) is 0 Å². The summed E-state index contributed by atoms with van der Waals surface area (Å²) in [7, 11) is 0. The van der Waals surface area contributed by atoms with Crippen LogP contribution in [0.2, 0.25) is 5.02 Å². The second-order valence-corrected chi connectivity index (χ2v) is 8.35. The summed E-state index contributed by atoms with van der Waals surface area (Å²) in [6, 6.07) is -0.402. The molecule has 1 saturated heterocycles. The Morgan fingerprint density at radius 3 is 2.59 bits per heavy atom. The number of nitrogens with zero attached hydrogens (tertiary/aromatic N) is 3. The molecule has 0 bridgehead atoms. The minimum absolute atomic E-state index is 0.0464. The number of aliphatic hydroxyl groups excluding tert-OH is 1. The van der Waals surface area contributed by atoms with Gasteiger partial charge in [0.05, 0.1) is 23.2 Å². The SMILES string of the molecule is CC(C)(C)C(O)CC(N)=NC(=O)C1CC(=O)CN1c1ncc(C(F)(F)F)cc1Cl. The molecule has 0 saturated carbocycles. The molecule has 1 aromatic heterocycles. The van der Waals surface area contributed by atoms with Gasteiger partial charge in [-0.15, -0.1) is 0 Å². The second kappa shape index (κ2) is 8.27. The van der Waals surface area contributed by atoms with Crippen molar-refractivity contribution in [1.82, 2.24) is 4.98 Å². The van der Waals surface area contributed by atoms with Crippen LogP contribution in [0, 0.1) is 5.41 Å². The van der Waals surface area contributed by atoms with Crippen molar-refractivity contribution in [3.63, 3.8) is 0 Å². The van der Waals surface area contributed by atoms with Crippen LogP contribution in [0.15, 0.2) is 17.3 Å². The van der Waals surface area contributed by atoms with Crippen LogP contribution in [0.1, 0.15) is 39.2 Å². The number of rotatable bonds is 4. The van der Waals surface area contributed by atoms with E-state index < -0.39 is 35.2 Å². The number of hydrogen-bond donors (Lipinski definition) is 2. The largest absolute Gasteiger partial charge is 0.417 e. The standard InChI is InChI=1S/C18H22ClF3N4O3/c1-17(2,3)13(28)6-14(23)25-16(29)12-5-10(27)8-26(12)15-11(19)4-9(7-24-15)18(20,21)22/h4,7,12-13,28H,5-6,8H2,1-3H3,(H2,23,25,29). The zero-order valence-electron chi connectivity index (χ0n) is 16.1. The van der Waals surface area contributed by atoms with E-state index in [2.05, 4.69) is 9.98 Å². The van der Waals surface area contributed by atoms with Crippen molar-refractivity contribution in [3.05, 3.63) is 22.8 Å². The van der Waals surface area contributed by atoms with E-state index in [1.54, 1.807) is 20.8 Å². The van der Waals surface area contributed by atoms with E-state index in [-0.39, 0.29) is 41.8 Å². The van der Waals surface area contributed by atoms with Gasteiger partial charge in [-0.05, 0) is 11.5 Å². The highest BCUT2D eigenvalue weighted by atomic mass is 35.5. The summed E-state index contributed by atoms with van der Waals surface area (Å²) in [5.74, 6) is -1.30. The van der Waals surface area contributed by atoms with Crippen LogP contribution in [0.4, 0.5) is 19.0 Å². The molecule has 1 fully saturated rings. The number of aliphatic imine (C=N–C) groups is 1. The maximum atomic E-state index is 12.8. The van der Waals surface area contributed by atoms with Crippen molar-refractivity contribution in [2.45, 2.75) is 51.9 Å². The molecule has 2 rings (SSSR count). The van der Waals surface area contributed by atoms with Gasteiger partial charge in [-0.25, -0.2) is 4.98 Å². The fourth-order valence-corrected chi connectivity index (χ4v) is 2.97. The molecule has 1 aromatic rings. The molecule has 29 heavy (non-hydrogen) atoms. The number of carbonyl (C=O) groups excluding carboxylic acids is 2. The summed E-state index contributed by atoms with van der Waals surface area (Å²) in [4.78, 5) is 33.1. The molecule has 1 aliphatic heterocycles. The molecule has 11 heteroatoms. The average Bonchev–Trinajstić information content (AvgIpc) is 2.94. The molecule has 2 atom stereocenters. The van der Waals surface area contributed by atoms with Gasteiger partial charge in [-0.3, -0.25) is 9.59 Å². The Bertz CT molecular complexity index is 837. The Balaban J connectivity index is 2.25. The fraction of sp³-hybridized carbons (Fsp3) is 0.556. The number of amides is 1. The van der Waals surface area contributed by atoms with E-state index in [0.717, 1.165) is 0 Å². The quantitative estimate of drug-likeness (QED) is 0.557. The number of alkyl halides is 3. The van der Waals surface area contributed by atoms with Gasteiger partial charge in [-0.2, -0.15) is 18.2 Å². The fourth-order valence-electron chi connectivity index (χ4n) is 2.70. The number of hydrogen-bond acceptors (Lipinski definition) is 5. The molecule has 2 heterocycles. The van der Waals surface area contributed by atoms with Gasteiger partial charge in [0.15, 0.2) is 5.78 Å². The molecule has 0 aromatic carbocycles. The molecule has 7 nitrogen and oxygen atoms in total. The number of ketones is 1. The number of halogens is 4. The molecule has 0 radical (unpaired) electrons. The maximum absolute atomic E-state index is 12.8. The predicted octanol–water partition coefficient (Wildman–Crippen LogP) is 2.58. The minimum atomic E-state index is -4.63. The van der Waals surface area contributed by atoms with Crippen molar-refractivity contribution in [2.75, 3.05) is 11.4 Å². The van der Waals surface area contributed by atoms with Gasteiger partial charge in [0.2, 0.25) is 0 Å². The number of amidine groups is 1. The lowest BCUT2D eigenvalue weighted by molar-refractivity contribution is -0.137. The van der Waals surface area contributed by atoms with E-state index in [0.29, 0.717) is 12.3 Å². The van der Waals surface area contributed by atoms with Crippen LogP contribution in [0.5, 0.6) is 0 Å². The Kier molecular flexibility index (Phi) is 6.58. The van der Waals surface area contributed by atoms with E-state index >= 15 is 0 Å². The summed E-state index contributed by atoms with van der Waals surface area (Å²) < 4.78 is 38.4. The van der Waals surface area contributed by atoms with Crippen molar-refractivity contribution in [1.29, 1.82) is 0 Å². The molecule has 1 amide bonds. The predicted molar refractivity (Wildman–Crippen MR) is 102 cm³/mol. The van der Waals surface area contributed by atoms with E-state index in [1.165, 1.54) is 4.90 Å². The van der Waals surface area contributed by atoms with E-state index in [4.69, 9.17) is 17.3 Å². The van der Waals surface area contributed by atoms with Crippen molar-refractivity contribution < 1.29 is 27.9 Å². The number of Topliss-reactive ketones (excluding diaryl/α,β-unsaturated/α-hetero) is 1. The first-order valence-electron chi connectivity index (χ1n) is 8.76. The first-order valence-corrected chi connectivity index (χ1v) is 9.14. The molecule has 1 aliphatic rings. The topological polar surface area (TPSA) is 109 Å². The lowest BCUT2D eigenvalue weighted by Gasteiger charge is -2.26. The highest BCUT2D eigenvalue weighted by Gasteiger charge is 2.39. The Morgan fingerprint density at radius 1 is 1.45 bits per heavy atom. The monoisotopic (exact) mass is 434 g/mol. The van der Waals surface area contributed by atoms with Crippen LogP contribution in [-0.4, -0.2) is 46.3 Å². The second-order valence-electron chi connectivity index (χ2n) is 7.94. The number of anilines is 1. The normalized spacial score (nSPS) is 19.6. The lowest BCUT2D eigenvalue weighted by atomic mass is 9.87. The summed E-state index contributed by atoms with van der Waals surface area (Å²) in [5, 5.41) is 9.74. The summed E-state index contributed by atoms with van der Waals surface area (Å²) in [6.45, 7) is 5.14. The Labute approximate surface area is 170 Å². The molecule has 0 aliphatic carbocycles. The number of nitrogens with two attached hydrogens (primary N) is 1. The molecule has 160 valence electrons. The lowest BCUT2D eigenvalue weighted by Crippen LogP contribution is -2.38. The first-order chi connectivity index (χ1) is 13.2. The van der Waals surface area contributed by atoms with Gasteiger partial charge in [0.25, 0.3) is 5.91 Å². The zero-order chi connectivity index (χ0) is 22.1. The summed E-state index contributed by atoms with van der Waals surface area (Å²) >= 11 is 5.94. The minimum Gasteiger partial charge on any atom is -0.392 e. The highest BCUT2D eigenvalue weighted by molar-refractivity contribution is 6.33. The number of pyridine rings is 1. The Hall–Kier alpha value is -2.20. The smallest absolute Gasteiger partial charge is 0.392 e. The molecular formula is C18H22ClF3N4O3. The van der Waals surface area contributed by atoms with Gasteiger partial charge in [-0.1, -0.05) is 32.4 Å². The van der Waals surface area contributed by atoms with Gasteiger partial charge >= 0.3 is 6.18 Å². The molecule has 0 spiro atoms. The third-order valence-corrected chi connectivity index (χ3v) is 4.78. The number of aromatic nitrogens is 1. The maximum Gasteiger partial charge on any atom is 0.417 e. The van der Waals surface area contributed by atoms with Gasteiger partial charge in [0.1, 0.15) is 17.7 Å². The van der Waals surface area contributed by atoms with Crippen molar-refractivity contribution in [2.24, 2.45) is 16.1 Å². The zero-order valence-corrected chi connectivity index (χ0v) is 16.9. The summed E-state index contributed by atoms with van der Waals surface area (Å²) in [5.41, 5.74) is 4.24.